The molecule has 0 radical (unpaired) electrons. The van der Waals surface area contributed by atoms with Crippen LogP contribution in [-0.2, 0) is 0 Å². The minimum Gasteiger partial charge on any atom is -0.454 e. The van der Waals surface area contributed by atoms with Gasteiger partial charge in [-0.2, -0.15) is 0 Å². The fourth-order valence-electron chi connectivity index (χ4n) is 3.07. The summed E-state index contributed by atoms with van der Waals surface area (Å²) < 4.78 is 13.3. The normalized spacial score (nSPS) is 12.2. The molecular formula is C20H14BrN5O3S. The number of benzene rings is 2. The van der Waals surface area contributed by atoms with Crippen molar-refractivity contribution in [2.75, 3.05) is 12.1 Å². The quantitative estimate of drug-likeness (QED) is 0.461. The Kier molecular flexibility index (Phi) is 4.72. The molecule has 30 heavy (non-hydrogen) atoms. The Labute approximate surface area is 183 Å². The summed E-state index contributed by atoms with van der Waals surface area (Å²) in [6.45, 7) is 2.02. The van der Waals surface area contributed by atoms with E-state index in [9.17, 15) is 4.79 Å². The van der Waals surface area contributed by atoms with Gasteiger partial charge in [0.15, 0.2) is 22.3 Å². The number of anilines is 1. The largest absolute Gasteiger partial charge is 0.454 e. The third kappa shape index (κ3) is 3.44. The van der Waals surface area contributed by atoms with Gasteiger partial charge in [0.25, 0.3) is 5.91 Å². The van der Waals surface area contributed by atoms with Gasteiger partial charge in [0.1, 0.15) is 0 Å². The molecule has 2 aromatic heterocycles. The second-order valence-corrected chi connectivity index (χ2v) is 8.25. The van der Waals surface area contributed by atoms with E-state index < -0.39 is 0 Å². The Hall–Kier alpha value is -3.24. The molecule has 0 saturated heterocycles. The van der Waals surface area contributed by atoms with Crippen LogP contribution in [0.3, 0.4) is 0 Å². The first kappa shape index (κ1) is 18.8. The lowest BCUT2D eigenvalue weighted by Gasteiger charge is -2.04. The Morgan fingerprint density at radius 3 is 2.93 bits per heavy atom. The minimum atomic E-state index is -0.361. The van der Waals surface area contributed by atoms with Crippen LogP contribution in [0, 0.1) is 6.92 Å². The van der Waals surface area contributed by atoms with E-state index in [4.69, 9.17) is 9.47 Å². The van der Waals surface area contributed by atoms with Gasteiger partial charge in [-0.15, -0.1) is 16.4 Å². The zero-order valence-corrected chi connectivity index (χ0v) is 18.0. The Bertz CT molecular complexity index is 1270. The third-order valence-corrected chi connectivity index (χ3v) is 5.81. The fraction of sp³-hybridized carbons (Fsp3) is 0.100. The van der Waals surface area contributed by atoms with E-state index in [1.54, 1.807) is 11.6 Å². The highest BCUT2D eigenvalue weighted by Crippen LogP contribution is 2.36. The lowest BCUT2D eigenvalue weighted by molar-refractivity contribution is 0.102. The number of carbonyl (C=O) groups excluding carboxylic acids is 1. The van der Waals surface area contributed by atoms with E-state index in [0.717, 1.165) is 21.4 Å². The van der Waals surface area contributed by atoms with Crippen molar-refractivity contribution in [1.82, 2.24) is 20.0 Å². The SMILES string of the molecule is Cc1c(C(=O)Nc2nc(-c3ccc4c(c3)OCO4)cs2)nnn1-c1cccc(Br)c1. The molecule has 1 N–H and O–H groups in total. The maximum Gasteiger partial charge on any atom is 0.279 e. The summed E-state index contributed by atoms with van der Waals surface area (Å²) in [5.74, 6) is 1.04. The van der Waals surface area contributed by atoms with Crippen molar-refractivity contribution in [2.24, 2.45) is 0 Å². The van der Waals surface area contributed by atoms with Crippen LogP contribution in [0.4, 0.5) is 5.13 Å². The van der Waals surface area contributed by atoms with Gasteiger partial charge in [-0.05, 0) is 43.3 Å². The van der Waals surface area contributed by atoms with Crippen LogP contribution in [0.2, 0.25) is 0 Å². The zero-order valence-electron chi connectivity index (χ0n) is 15.6. The van der Waals surface area contributed by atoms with Gasteiger partial charge in [-0.1, -0.05) is 27.2 Å². The number of nitrogens with zero attached hydrogens (tertiary/aromatic N) is 4. The molecule has 8 nitrogen and oxygen atoms in total. The molecule has 3 heterocycles. The molecule has 0 unspecified atom stereocenters. The van der Waals surface area contributed by atoms with Crippen molar-refractivity contribution in [3.05, 3.63) is 63.7 Å². The molecule has 150 valence electrons. The van der Waals surface area contributed by atoms with Crippen LogP contribution in [0.15, 0.2) is 52.3 Å². The van der Waals surface area contributed by atoms with Crippen LogP contribution in [0.5, 0.6) is 11.5 Å². The second-order valence-electron chi connectivity index (χ2n) is 6.48. The van der Waals surface area contributed by atoms with Gasteiger partial charge < -0.3 is 9.47 Å². The minimum absolute atomic E-state index is 0.219. The van der Waals surface area contributed by atoms with Crippen LogP contribution in [0.25, 0.3) is 16.9 Å². The molecule has 1 amide bonds. The van der Waals surface area contributed by atoms with Crippen molar-refractivity contribution in [1.29, 1.82) is 0 Å². The maximum atomic E-state index is 12.7. The molecule has 10 heteroatoms. The van der Waals surface area contributed by atoms with Gasteiger partial charge in [-0.3, -0.25) is 10.1 Å². The van der Waals surface area contributed by atoms with Crippen molar-refractivity contribution < 1.29 is 14.3 Å². The highest BCUT2D eigenvalue weighted by atomic mass is 79.9. The second kappa shape index (κ2) is 7.54. The van der Waals surface area contributed by atoms with Crippen LogP contribution < -0.4 is 14.8 Å². The number of rotatable bonds is 4. The lowest BCUT2D eigenvalue weighted by atomic mass is 10.1. The maximum absolute atomic E-state index is 12.7. The Morgan fingerprint density at radius 1 is 1.20 bits per heavy atom. The number of thiazole rings is 1. The first-order chi connectivity index (χ1) is 14.6. The average Bonchev–Trinajstić information content (AvgIpc) is 3.46. The van der Waals surface area contributed by atoms with Gasteiger partial charge >= 0.3 is 0 Å². The Morgan fingerprint density at radius 2 is 2.07 bits per heavy atom. The number of hydrogen-bond acceptors (Lipinski definition) is 7. The lowest BCUT2D eigenvalue weighted by Crippen LogP contribution is -2.14. The Balaban J connectivity index is 1.35. The molecule has 0 spiro atoms. The number of ether oxygens (including phenoxy) is 2. The van der Waals surface area contributed by atoms with Gasteiger partial charge in [0.05, 0.1) is 17.1 Å². The molecular weight excluding hydrogens is 470 g/mol. The summed E-state index contributed by atoms with van der Waals surface area (Å²) in [7, 11) is 0. The van der Waals surface area contributed by atoms with E-state index in [-0.39, 0.29) is 18.4 Å². The monoisotopic (exact) mass is 483 g/mol. The molecule has 5 rings (SSSR count). The van der Waals surface area contributed by atoms with Crippen molar-refractivity contribution in [3.8, 4) is 28.4 Å². The summed E-state index contributed by atoms with van der Waals surface area (Å²) in [4.78, 5) is 17.2. The molecule has 4 aromatic rings. The van der Waals surface area contributed by atoms with Crippen molar-refractivity contribution in [3.63, 3.8) is 0 Å². The number of aromatic nitrogens is 4. The number of halogens is 1. The van der Waals surface area contributed by atoms with E-state index >= 15 is 0 Å². The highest BCUT2D eigenvalue weighted by molar-refractivity contribution is 9.10. The smallest absolute Gasteiger partial charge is 0.279 e. The predicted octanol–water partition coefficient (Wildman–Crippen LogP) is 4.44. The molecule has 0 fully saturated rings. The number of amides is 1. The first-order valence-corrected chi connectivity index (χ1v) is 10.6. The van der Waals surface area contributed by atoms with E-state index in [0.29, 0.717) is 22.3 Å². The van der Waals surface area contributed by atoms with Crippen molar-refractivity contribution >= 4 is 38.3 Å². The molecule has 1 aliphatic heterocycles. The standard InChI is InChI=1S/C20H14BrN5O3S/c1-11-18(24-25-26(11)14-4-2-3-13(21)8-14)19(27)23-20-22-15(9-30-20)12-5-6-16-17(7-12)29-10-28-16/h2-9H,10H2,1H3,(H,22,23,27). The fourth-order valence-corrected chi connectivity index (χ4v) is 4.17. The molecule has 0 bridgehead atoms. The summed E-state index contributed by atoms with van der Waals surface area (Å²) in [5.41, 5.74) is 3.32. The molecule has 0 atom stereocenters. The van der Waals surface area contributed by atoms with Crippen molar-refractivity contribution in [2.45, 2.75) is 6.92 Å². The summed E-state index contributed by atoms with van der Waals surface area (Å²) in [5, 5.41) is 13.3. The summed E-state index contributed by atoms with van der Waals surface area (Å²) in [6.07, 6.45) is 0. The van der Waals surface area contributed by atoms with Crippen LogP contribution >= 0.6 is 27.3 Å². The van der Waals surface area contributed by atoms with Gasteiger partial charge in [0.2, 0.25) is 6.79 Å². The summed E-state index contributed by atoms with van der Waals surface area (Å²) >= 11 is 4.77. The highest BCUT2D eigenvalue weighted by Gasteiger charge is 2.20. The average molecular weight is 484 g/mol. The van der Waals surface area contributed by atoms with E-state index in [2.05, 4.69) is 36.5 Å². The third-order valence-electron chi connectivity index (χ3n) is 4.56. The molecule has 0 saturated carbocycles. The first-order valence-electron chi connectivity index (χ1n) is 8.93. The van der Waals surface area contributed by atoms with Crippen LogP contribution in [-0.4, -0.2) is 32.7 Å². The molecule has 2 aromatic carbocycles. The van der Waals surface area contributed by atoms with E-state index in [1.165, 1.54) is 11.3 Å². The number of carbonyl (C=O) groups is 1. The van der Waals surface area contributed by atoms with Crippen LogP contribution in [0.1, 0.15) is 16.2 Å². The van der Waals surface area contributed by atoms with Gasteiger partial charge in [-0.25, -0.2) is 9.67 Å². The number of hydrogen-bond donors (Lipinski definition) is 1. The number of nitrogens with one attached hydrogen (secondary N) is 1. The van der Waals surface area contributed by atoms with E-state index in [1.807, 2.05) is 47.8 Å². The zero-order chi connectivity index (χ0) is 20.7. The number of fused-ring (bicyclic) bond motifs is 1. The molecule has 0 aliphatic carbocycles. The van der Waals surface area contributed by atoms with Gasteiger partial charge in [0, 0.05) is 15.4 Å². The predicted molar refractivity (Wildman–Crippen MR) is 115 cm³/mol. The molecule has 1 aliphatic rings. The summed E-state index contributed by atoms with van der Waals surface area (Å²) in [6, 6.07) is 13.2. The topological polar surface area (TPSA) is 91.2 Å².